The minimum absolute atomic E-state index is 0.0290. The van der Waals surface area contributed by atoms with Crippen molar-refractivity contribution in [3.8, 4) is 0 Å². The molecule has 0 aromatic heterocycles. The Kier molecular flexibility index (Phi) is 6.59. The SMILES string of the molecule is CCN(CC(=O)NC(C)C)C(=O)/C=C/c1ccc(F)cc1. The zero-order valence-electron chi connectivity index (χ0n) is 12.6. The number of hydrogen-bond donors (Lipinski definition) is 1. The van der Waals surface area contributed by atoms with Gasteiger partial charge in [-0.25, -0.2) is 4.39 Å². The van der Waals surface area contributed by atoms with Crippen LogP contribution >= 0.6 is 0 Å². The first-order valence-electron chi connectivity index (χ1n) is 6.94. The van der Waals surface area contributed by atoms with E-state index in [2.05, 4.69) is 5.32 Å². The van der Waals surface area contributed by atoms with Gasteiger partial charge >= 0.3 is 0 Å². The molecule has 0 radical (unpaired) electrons. The van der Waals surface area contributed by atoms with Gasteiger partial charge in [-0.2, -0.15) is 0 Å². The quantitative estimate of drug-likeness (QED) is 0.817. The minimum Gasteiger partial charge on any atom is -0.352 e. The molecule has 0 saturated heterocycles. The normalized spacial score (nSPS) is 10.9. The maximum atomic E-state index is 12.8. The van der Waals surface area contributed by atoms with Gasteiger partial charge in [-0.1, -0.05) is 12.1 Å². The van der Waals surface area contributed by atoms with Crippen LogP contribution in [0.2, 0.25) is 0 Å². The lowest BCUT2D eigenvalue weighted by molar-refractivity contribution is -0.132. The summed E-state index contributed by atoms with van der Waals surface area (Å²) in [5.41, 5.74) is 0.729. The molecule has 5 heteroatoms. The van der Waals surface area contributed by atoms with E-state index in [0.29, 0.717) is 6.54 Å². The van der Waals surface area contributed by atoms with Crippen molar-refractivity contribution in [2.45, 2.75) is 26.8 Å². The second-order valence-electron chi connectivity index (χ2n) is 4.96. The zero-order chi connectivity index (χ0) is 15.8. The molecular formula is C16H21FN2O2. The molecule has 0 spiro atoms. The van der Waals surface area contributed by atoms with Gasteiger partial charge in [0.05, 0.1) is 6.54 Å². The zero-order valence-corrected chi connectivity index (χ0v) is 12.6. The molecule has 0 fully saturated rings. The smallest absolute Gasteiger partial charge is 0.247 e. The van der Waals surface area contributed by atoms with Crippen LogP contribution in [0.25, 0.3) is 6.08 Å². The van der Waals surface area contributed by atoms with Crippen LogP contribution in [0.4, 0.5) is 4.39 Å². The molecule has 4 nitrogen and oxygen atoms in total. The van der Waals surface area contributed by atoms with Crippen molar-refractivity contribution in [1.29, 1.82) is 0 Å². The second kappa shape index (κ2) is 8.19. The fourth-order valence-corrected chi connectivity index (χ4v) is 1.73. The predicted molar refractivity (Wildman–Crippen MR) is 81.0 cm³/mol. The maximum Gasteiger partial charge on any atom is 0.247 e. The van der Waals surface area contributed by atoms with Gasteiger partial charge in [-0.3, -0.25) is 9.59 Å². The summed E-state index contributed by atoms with van der Waals surface area (Å²) in [5.74, 6) is -0.755. The highest BCUT2D eigenvalue weighted by atomic mass is 19.1. The van der Waals surface area contributed by atoms with E-state index < -0.39 is 0 Å². The van der Waals surface area contributed by atoms with E-state index in [1.54, 1.807) is 18.2 Å². The van der Waals surface area contributed by atoms with E-state index >= 15 is 0 Å². The van der Waals surface area contributed by atoms with E-state index in [1.807, 2.05) is 20.8 Å². The van der Waals surface area contributed by atoms with Crippen LogP contribution < -0.4 is 5.32 Å². The lowest BCUT2D eigenvalue weighted by Crippen LogP contribution is -2.42. The first-order valence-corrected chi connectivity index (χ1v) is 6.94. The minimum atomic E-state index is -0.320. The van der Waals surface area contributed by atoms with Crippen molar-refractivity contribution in [3.05, 3.63) is 41.7 Å². The molecule has 1 N–H and O–H groups in total. The Bertz CT molecular complexity index is 510. The highest BCUT2D eigenvalue weighted by Gasteiger charge is 2.13. The molecule has 1 rings (SSSR count). The summed E-state index contributed by atoms with van der Waals surface area (Å²) in [4.78, 5) is 25.1. The fraction of sp³-hybridized carbons (Fsp3) is 0.375. The number of amides is 2. The lowest BCUT2D eigenvalue weighted by Gasteiger charge is -2.19. The molecule has 114 valence electrons. The first-order chi connectivity index (χ1) is 9.92. The number of carbonyl (C=O) groups is 2. The highest BCUT2D eigenvalue weighted by molar-refractivity contribution is 5.94. The summed E-state index contributed by atoms with van der Waals surface area (Å²) < 4.78 is 12.8. The summed E-state index contributed by atoms with van der Waals surface area (Å²) >= 11 is 0. The van der Waals surface area contributed by atoms with Gasteiger partial charge in [-0.15, -0.1) is 0 Å². The van der Waals surface area contributed by atoms with Gasteiger partial charge in [0.25, 0.3) is 0 Å². The molecular weight excluding hydrogens is 271 g/mol. The molecule has 0 saturated carbocycles. The predicted octanol–water partition coefficient (Wildman–Crippen LogP) is 2.21. The van der Waals surface area contributed by atoms with Crippen LogP contribution in [-0.4, -0.2) is 35.8 Å². The highest BCUT2D eigenvalue weighted by Crippen LogP contribution is 2.05. The number of likely N-dealkylation sites (N-methyl/N-ethyl adjacent to an activating group) is 1. The summed E-state index contributed by atoms with van der Waals surface area (Å²) in [6, 6.07) is 5.87. The van der Waals surface area contributed by atoms with E-state index in [9.17, 15) is 14.0 Å². The third kappa shape index (κ3) is 6.21. The third-order valence-electron chi connectivity index (χ3n) is 2.77. The van der Waals surface area contributed by atoms with Gasteiger partial charge in [0.15, 0.2) is 0 Å². The third-order valence-corrected chi connectivity index (χ3v) is 2.77. The molecule has 0 aliphatic rings. The van der Waals surface area contributed by atoms with E-state index in [0.717, 1.165) is 5.56 Å². The Morgan fingerprint density at radius 3 is 2.43 bits per heavy atom. The van der Waals surface area contributed by atoms with Gasteiger partial charge in [0.2, 0.25) is 11.8 Å². The molecule has 0 bridgehead atoms. The number of hydrogen-bond acceptors (Lipinski definition) is 2. The summed E-state index contributed by atoms with van der Waals surface area (Å²) in [6.07, 6.45) is 2.99. The summed E-state index contributed by atoms with van der Waals surface area (Å²) in [7, 11) is 0. The van der Waals surface area contributed by atoms with Crippen molar-refractivity contribution in [3.63, 3.8) is 0 Å². The van der Waals surface area contributed by atoms with Gasteiger partial charge in [0.1, 0.15) is 5.82 Å². The van der Waals surface area contributed by atoms with Crippen LogP contribution in [0.15, 0.2) is 30.3 Å². The van der Waals surface area contributed by atoms with Gasteiger partial charge in [0, 0.05) is 18.7 Å². The first kappa shape index (κ1) is 16.9. The number of halogens is 1. The monoisotopic (exact) mass is 292 g/mol. The molecule has 0 aliphatic carbocycles. The van der Waals surface area contributed by atoms with E-state index in [4.69, 9.17) is 0 Å². The maximum absolute atomic E-state index is 12.8. The average molecular weight is 292 g/mol. The van der Waals surface area contributed by atoms with Crippen LogP contribution in [0.1, 0.15) is 26.3 Å². The molecule has 1 aromatic carbocycles. The molecule has 0 heterocycles. The fourth-order valence-electron chi connectivity index (χ4n) is 1.73. The summed E-state index contributed by atoms with van der Waals surface area (Å²) in [6.45, 7) is 6.01. The Morgan fingerprint density at radius 1 is 1.29 bits per heavy atom. The molecule has 0 unspecified atom stereocenters. The van der Waals surface area contributed by atoms with Crippen molar-refractivity contribution in [2.24, 2.45) is 0 Å². The Labute approximate surface area is 124 Å². The lowest BCUT2D eigenvalue weighted by atomic mass is 10.2. The number of nitrogens with one attached hydrogen (secondary N) is 1. The van der Waals surface area contributed by atoms with Crippen LogP contribution in [0, 0.1) is 5.82 Å². The molecule has 2 amide bonds. The standard InChI is InChI=1S/C16H21FN2O2/c1-4-19(11-15(20)18-12(2)3)16(21)10-7-13-5-8-14(17)9-6-13/h5-10,12H,4,11H2,1-3H3,(H,18,20)/b10-7+. The van der Waals surface area contributed by atoms with Crippen LogP contribution in [0.3, 0.4) is 0 Å². The van der Waals surface area contributed by atoms with Crippen LogP contribution in [0.5, 0.6) is 0 Å². The van der Waals surface area contributed by atoms with Crippen molar-refractivity contribution in [2.75, 3.05) is 13.1 Å². The van der Waals surface area contributed by atoms with Gasteiger partial charge < -0.3 is 10.2 Å². The van der Waals surface area contributed by atoms with Gasteiger partial charge in [-0.05, 0) is 44.5 Å². The number of rotatable bonds is 6. The van der Waals surface area contributed by atoms with Crippen molar-refractivity contribution in [1.82, 2.24) is 10.2 Å². The van der Waals surface area contributed by atoms with Crippen LogP contribution in [-0.2, 0) is 9.59 Å². The summed E-state index contributed by atoms with van der Waals surface area (Å²) in [5, 5.41) is 2.74. The van der Waals surface area contributed by atoms with Crippen molar-refractivity contribution >= 4 is 17.9 Å². The topological polar surface area (TPSA) is 49.4 Å². The second-order valence-corrected chi connectivity index (χ2v) is 4.96. The van der Waals surface area contributed by atoms with E-state index in [-0.39, 0.29) is 30.2 Å². The Balaban J connectivity index is 2.62. The number of benzene rings is 1. The molecule has 21 heavy (non-hydrogen) atoms. The number of carbonyl (C=O) groups excluding carboxylic acids is 2. The molecule has 0 aliphatic heterocycles. The Hall–Kier alpha value is -2.17. The number of nitrogens with zero attached hydrogens (tertiary/aromatic N) is 1. The average Bonchev–Trinajstić information content (AvgIpc) is 2.43. The molecule has 1 aromatic rings. The van der Waals surface area contributed by atoms with Crippen molar-refractivity contribution < 1.29 is 14.0 Å². The largest absolute Gasteiger partial charge is 0.352 e. The molecule has 0 atom stereocenters. The van der Waals surface area contributed by atoms with E-state index in [1.165, 1.54) is 23.1 Å². The Morgan fingerprint density at radius 2 is 1.90 bits per heavy atom.